The van der Waals surface area contributed by atoms with Crippen LogP contribution in [0.4, 0.5) is 10.1 Å². The molecular formula is C13H17FN2O. The molecule has 0 unspecified atom stereocenters. The third-order valence-corrected chi connectivity index (χ3v) is 3.39. The van der Waals surface area contributed by atoms with Crippen molar-refractivity contribution in [2.24, 2.45) is 17.6 Å². The molecule has 0 saturated heterocycles. The molecule has 1 saturated carbocycles. The molecule has 0 aromatic heterocycles. The number of halogens is 1. The van der Waals surface area contributed by atoms with Gasteiger partial charge in [0.1, 0.15) is 5.82 Å². The fourth-order valence-corrected chi connectivity index (χ4v) is 2.47. The lowest BCUT2D eigenvalue weighted by atomic mass is 9.95. The van der Waals surface area contributed by atoms with E-state index in [1.807, 2.05) is 0 Å². The average Bonchev–Trinajstić information content (AvgIpc) is 2.77. The zero-order valence-corrected chi connectivity index (χ0v) is 9.66. The van der Waals surface area contributed by atoms with Gasteiger partial charge < -0.3 is 11.1 Å². The summed E-state index contributed by atoms with van der Waals surface area (Å²) in [5, 5.41) is 2.75. The summed E-state index contributed by atoms with van der Waals surface area (Å²) >= 11 is 0. The second-order valence-electron chi connectivity index (χ2n) is 4.53. The van der Waals surface area contributed by atoms with Crippen LogP contribution in [0.3, 0.4) is 0 Å². The molecule has 1 aliphatic carbocycles. The van der Waals surface area contributed by atoms with Gasteiger partial charge in [0.2, 0.25) is 5.91 Å². The SMILES string of the molecule is NC[C@H]1CCC[C@H]1C(=O)Nc1cccc(F)c1. The number of nitrogens with two attached hydrogens (primary N) is 1. The van der Waals surface area contributed by atoms with Gasteiger partial charge >= 0.3 is 0 Å². The first-order chi connectivity index (χ1) is 8.20. The van der Waals surface area contributed by atoms with Gasteiger partial charge in [-0.2, -0.15) is 0 Å². The standard InChI is InChI=1S/C13H17FN2O/c14-10-4-2-5-11(7-10)16-13(17)12-6-1-3-9(12)8-15/h2,4-5,7,9,12H,1,3,6,8,15H2,(H,16,17)/t9-,12-/m1/s1. The summed E-state index contributed by atoms with van der Waals surface area (Å²) in [4.78, 5) is 12.0. The molecule has 1 amide bonds. The molecule has 2 rings (SSSR count). The highest BCUT2D eigenvalue weighted by molar-refractivity contribution is 5.92. The van der Waals surface area contributed by atoms with Crippen LogP contribution in [0.15, 0.2) is 24.3 Å². The number of rotatable bonds is 3. The fourth-order valence-electron chi connectivity index (χ4n) is 2.47. The van der Waals surface area contributed by atoms with E-state index in [0.29, 0.717) is 12.2 Å². The minimum Gasteiger partial charge on any atom is -0.330 e. The number of carbonyl (C=O) groups excluding carboxylic acids is 1. The third-order valence-electron chi connectivity index (χ3n) is 3.39. The maximum Gasteiger partial charge on any atom is 0.227 e. The molecule has 0 heterocycles. The minimum absolute atomic E-state index is 0.0248. The topological polar surface area (TPSA) is 55.1 Å². The van der Waals surface area contributed by atoms with Crippen LogP contribution in [0, 0.1) is 17.7 Å². The van der Waals surface area contributed by atoms with Gasteiger partial charge in [-0.05, 0) is 43.5 Å². The Morgan fingerprint density at radius 1 is 1.47 bits per heavy atom. The smallest absolute Gasteiger partial charge is 0.227 e. The van der Waals surface area contributed by atoms with E-state index in [-0.39, 0.29) is 23.6 Å². The molecule has 17 heavy (non-hydrogen) atoms. The molecule has 1 fully saturated rings. The Hall–Kier alpha value is -1.42. The van der Waals surface area contributed by atoms with Crippen molar-refractivity contribution >= 4 is 11.6 Å². The minimum atomic E-state index is -0.343. The van der Waals surface area contributed by atoms with Gasteiger partial charge in [0.15, 0.2) is 0 Å². The summed E-state index contributed by atoms with van der Waals surface area (Å²) in [6.45, 7) is 0.543. The highest BCUT2D eigenvalue weighted by Gasteiger charge is 2.31. The third kappa shape index (κ3) is 2.82. The van der Waals surface area contributed by atoms with Crippen LogP contribution in [0.25, 0.3) is 0 Å². The summed E-state index contributed by atoms with van der Waals surface area (Å²) in [7, 11) is 0. The summed E-state index contributed by atoms with van der Waals surface area (Å²) in [6, 6.07) is 5.95. The molecule has 1 aliphatic rings. The van der Waals surface area contributed by atoms with Crippen LogP contribution in [0.1, 0.15) is 19.3 Å². The van der Waals surface area contributed by atoms with Crippen molar-refractivity contribution in [2.75, 3.05) is 11.9 Å². The van der Waals surface area contributed by atoms with E-state index >= 15 is 0 Å². The lowest BCUT2D eigenvalue weighted by Gasteiger charge is -2.17. The maximum atomic E-state index is 13.0. The summed E-state index contributed by atoms with van der Waals surface area (Å²) in [6.07, 6.45) is 2.93. The van der Waals surface area contributed by atoms with E-state index in [9.17, 15) is 9.18 Å². The number of hydrogen-bond donors (Lipinski definition) is 2. The molecule has 1 aromatic carbocycles. The van der Waals surface area contributed by atoms with Crippen molar-refractivity contribution in [1.82, 2.24) is 0 Å². The predicted molar refractivity (Wildman–Crippen MR) is 64.9 cm³/mol. The van der Waals surface area contributed by atoms with Crippen LogP contribution >= 0.6 is 0 Å². The van der Waals surface area contributed by atoms with Crippen LogP contribution in [0.5, 0.6) is 0 Å². The highest BCUT2D eigenvalue weighted by atomic mass is 19.1. The predicted octanol–water partition coefficient (Wildman–Crippen LogP) is 2.14. The first-order valence-corrected chi connectivity index (χ1v) is 5.97. The molecule has 4 heteroatoms. The average molecular weight is 236 g/mol. The van der Waals surface area contributed by atoms with E-state index in [2.05, 4.69) is 5.32 Å². The van der Waals surface area contributed by atoms with E-state index < -0.39 is 0 Å². The van der Waals surface area contributed by atoms with Gasteiger partial charge in [0, 0.05) is 11.6 Å². The van der Waals surface area contributed by atoms with Gasteiger partial charge in [-0.1, -0.05) is 12.5 Å². The van der Waals surface area contributed by atoms with Gasteiger partial charge in [-0.3, -0.25) is 4.79 Å². The van der Waals surface area contributed by atoms with Gasteiger partial charge in [0.25, 0.3) is 0 Å². The van der Waals surface area contributed by atoms with E-state index in [1.54, 1.807) is 12.1 Å². The Bertz CT molecular complexity index is 408. The van der Waals surface area contributed by atoms with Gasteiger partial charge in [-0.15, -0.1) is 0 Å². The number of anilines is 1. The Labute approximate surface area is 100 Å². The van der Waals surface area contributed by atoms with Crippen molar-refractivity contribution in [3.8, 4) is 0 Å². The van der Waals surface area contributed by atoms with Crippen LogP contribution in [0.2, 0.25) is 0 Å². The van der Waals surface area contributed by atoms with Crippen molar-refractivity contribution < 1.29 is 9.18 Å². The Morgan fingerprint density at radius 3 is 3.00 bits per heavy atom. The lowest BCUT2D eigenvalue weighted by Crippen LogP contribution is -2.29. The first-order valence-electron chi connectivity index (χ1n) is 5.97. The van der Waals surface area contributed by atoms with Crippen molar-refractivity contribution in [3.63, 3.8) is 0 Å². The molecule has 92 valence electrons. The molecule has 0 spiro atoms. The van der Waals surface area contributed by atoms with Crippen molar-refractivity contribution in [1.29, 1.82) is 0 Å². The second-order valence-corrected chi connectivity index (χ2v) is 4.53. The van der Waals surface area contributed by atoms with Crippen LogP contribution < -0.4 is 11.1 Å². The lowest BCUT2D eigenvalue weighted by molar-refractivity contribution is -0.120. The van der Waals surface area contributed by atoms with Crippen LogP contribution in [-0.4, -0.2) is 12.5 Å². The Kier molecular flexibility index (Phi) is 3.74. The molecule has 0 aliphatic heterocycles. The molecule has 0 bridgehead atoms. The number of nitrogens with one attached hydrogen (secondary N) is 1. The normalized spacial score (nSPS) is 23.6. The van der Waals surface area contributed by atoms with Crippen molar-refractivity contribution in [2.45, 2.75) is 19.3 Å². The number of benzene rings is 1. The fraction of sp³-hybridized carbons (Fsp3) is 0.462. The largest absolute Gasteiger partial charge is 0.330 e. The molecule has 0 radical (unpaired) electrons. The summed E-state index contributed by atoms with van der Waals surface area (Å²) < 4.78 is 13.0. The zero-order chi connectivity index (χ0) is 12.3. The summed E-state index contributed by atoms with van der Waals surface area (Å²) in [5.41, 5.74) is 6.15. The number of carbonyl (C=O) groups is 1. The number of hydrogen-bond acceptors (Lipinski definition) is 2. The Morgan fingerprint density at radius 2 is 2.29 bits per heavy atom. The van der Waals surface area contributed by atoms with Gasteiger partial charge in [-0.25, -0.2) is 4.39 Å². The quantitative estimate of drug-likeness (QED) is 0.844. The molecule has 2 atom stereocenters. The number of amides is 1. The molecule has 3 N–H and O–H groups in total. The van der Waals surface area contributed by atoms with E-state index in [0.717, 1.165) is 19.3 Å². The molecular weight excluding hydrogens is 219 g/mol. The van der Waals surface area contributed by atoms with Crippen molar-refractivity contribution in [3.05, 3.63) is 30.1 Å². The first kappa shape index (κ1) is 12.0. The van der Waals surface area contributed by atoms with E-state index in [1.165, 1.54) is 12.1 Å². The van der Waals surface area contributed by atoms with Crippen LogP contribution in [-0.2, 0) is 4.79 Å². The highest BCUT2D eigenvalue weighted by Crippen LogP contribution is 2.31. The van der Waals surface area contributed by atoms with Gasteiger partial charge in [0.05, 0.1) is 0 Å². The monoisotopic (exact) mass is 236 g/mol. The zero-order valence-electron chi connectivity index (χ0n) is 9.66. The second kappa shape index (κ2) is 5.27. The maximum absolute atomic E-state index is 13.0. The summed E-state index contributed by atoms with van der Waals surface area (Å²) in [5.74, 6) is -0.139. The van der Waals surface area contributed by atoms with E-state index in [4.69, 9.17) is 5.73 Å². The molecule has 1 aromatic rings. The molecule has 3 nitrogen and oxygen atoms in total. The Balaban J connectivity index is 2.01.